The number of aryl methyl sites for hydroxylation is 1. The number of hydrogen-bond acceptors (Lipinski definition) is 3. The van der Waals surface area contributed by atoms with E-state index in [1.54, 1.807) is 6.20 Å². The fourth-order valence-corrected chi connectivity index (χ4v) is 3.57. The number of amides is 2. The first-order valence-corrected chi connectivity index (χ1v) is 10.6. The molecule has 2 amide bonds. The molecule has 0 atom stereocenters. The Balaban J connectivity index is 1.27. The van der Waals surface area contributed by atoms with Crippen LogP contribution in [-0.4, -0.2) is 35.6 Å². The highest BCUT2D eigenvalue weighted by molar-refractivity contribution is 5.89. The van der Waals surface area contributed by atoms with Gasteiger partial charge in [-0.15, -0.1) is 0 Å². The van der Waals surface area contributed by atoms with Gasteiger partial charge in [0.25, 0.3) is 0 Å². The van der Waals surface area contributed by atoms with Crippen LogP contribution in [0.2, 0.25) is 0 Å². The second-order valence-electron chi connectivity index (χ2n) is 8.06. The van der Waals surface area contributed by atoms with Crippen molar-refractivity contribution < 1.29 is 9.53 Å². The summed E-state index contributed by atoms with van der Waals surface area (Å²) in [6.07, 6.45) is 9.63. The van der Waals surface area contributed by atoms with E-state index >= 15 is 0 Å². The maximum Gasteiger partial charge on any atom is 0.321 e. The molecule has 0 unspecified atom stereocenters. The lowest BCUT2D eigenvalue weighted by atomic mass is 10.0. The molecule has 1 aliphatic carbocycles. The molecule has 1 saturated carbocycles. The summed E-state index contributed by atoms with van der Waals surface area (Å²) in [6, 6.07) is 12.0. The number of likely N-dealkylation sites (tertiary alicyclic amines) is 1. The van der Waals surface area contributed by atoms with Crippen molar-refractivity contribution in [3.05, 3.63) is 59.4 Å². The maximum atomic E-state index is 12.5. The van der Waals surface area contributed by atoms with Crippen molar-refractivity contribution in [1.82, 2.24) is 9.88 Å². The summed E-state index contributed by atoms with van der Waals surface area (Å²) in [5.41, 5.74) is 4.22. The number of piperidine rings is 1. The van der Waals surface area contributed by atoms with E-state index in [2.05, 4.69) is 34.6 Å². The number of nitrogens with one attached hydrogen (secondary N) is 1. The highest BCUT2D eigenvalue weighted by Crippen LogP contribution is 2.32. The average molecular weight is 392 g/mol. The van der Waals surface area contributed by atoms with E-state index in [1.165, 1.54) is 30.4 Å². The quantitative estimate of drug-likeness (QED) is 0.729. The molecule has 2 aliphatic rings. The summed E-state index contributed by atoms with van der Waals surface area (Å²) in [4.78, 5) is 18.6. The lowest BCUT2D eigenvalue weighted by Gasteiger charge is -2.28. The molecule has 29 heavy (non-hydrogen) atoms. The van der Waals surface area contributed by atoms with E-state index in [1.807, 2.05) is 30.0 Å². The van der Waals surface area contributed by atoms with Gasteiger partial charge in [0.2, 0.25) is 0 Å². The van der Waals surface area contributed by atoms with Crippen molar-refractivity contribution in [2.24, 2.45) is 5.92 Å². The molecule has 5 nitrogen and oxygen atoms in total. The lowest BCUT2D eigenvalue weighted by Crippen LogP contribution is -2.39. The first-order chi connectivity index (χ1) is 14.2. The fourth-order valence-electron chi connectivity index (χ4n) is 3.57. The van der Waals surface area contributed by atoms with Crippen molar-refractivity contribution in [2.45, 2.75) is 39.0 Å². The Bertz CT molecular complexity index is 862. The molecular formula is C24H29N3O2. The van der Waals surface area contributed by atoms with E-state index < -0.39 is 0 Å². The van der Waals surface area contributed by atoms with Gasteiger partial charge in [-0.05, 0) is 61.9 Å². The summed E-state index contributed by atoms with van der Waals surface area (Å²) in [7, 11) is 0. The number of hydrogen-bond donors (Lipinski definition) is 1. The fraction of sp³-hybridized carbons (Fsp3) is 0.417. The van der Waals surface area contributed by atoms with Gasteiger partial charge in [0, 0.05) is 18.8 Å². The molecule has 152 valence electrons. The predicted octanol–water partition coefficient (Wildman–Crippen LogP) is 5.28. The van der Waals surface area contributed by atoms with Crippen LogP contribution in [0.4, 0.5) is 10.5 Å². The van der Waals surface area contributed by atoms with Crippen LogP contribution in [0.25, 0.3) is 6.08 Å². The number of benzene rings is 1. The molecular weight excluding hydrogens is 362 g/mol. The molecule has 2 aromatic rings. The summed E-state index contributed by atoms with van der Waals surface area (Å²) in [5.74, 6) is 1.84. The average Bonchev–Trinajstić information content (AvgIpc) is 3.55. The van der Waals surface area contributed by atoms with E-state index in [0.717, 1.165) is 55.6 Å². The van der Waals surface area contributed by atoms with E-state index in [4.69, 9.17) is 4.74 Å². The first kappa shape index (κ1) is 19.5. The number of urea groups is 1. The Kier molecular flexibility index (Phi) is 6.13. The van der Waals surface area contributed by atoms with Crippen molar-refractivity contribution in [3.8, 4) is 5.75 Å². The Labute approximate surface area is 172 Å². The van der Waals surface area contributed by atoms with E-state index in [0.29, 0.717) is 0 Å². The van der Waals surface area contributed by atoms with Gasteiger partial charge in [-0.3, -0.25) is 4.98 Å². The molecule has 0 radical (unpaired) electrons. The minimum atomic E-state index is -0.0548. The summed E-state index contributed by atoms with van der Waals surface area (Å²) in [6.45, 7) is 4.20. The molecule has 1 saturated heterocycles. The lowest BCUT2D eigenvalue weighted by molar-refractivity contribution is 0.208. The third-order valence-corrected chi connectivity index (χ3v) is 5.58. The van der Waals surface area contributed by atoms with Crippen molar-refractivity contribution in [2.75, 3.05) is 25.0 Å². The molecule has 1 aromatic carbocycles. The Morgan fingerprint density at radius 1 is 1.24 bits per heavy atom. The number of pyridine rings is 1. The van der Waals surface area contributed by atoms with E-state index in [-0.39, 0.29) is 6.03 Å². The molecule has 5 heteroatoms. The third-order valence-electron chi connectivity index (χ3n) is 5.58. The highest BCUT2D eigenvalue weighted by Gasteiger charge is 2.21. The van der Waals surface area contributed by atoms with Gasteiger partial charge in [0.1, 0.15) is 5.75 Å². The number of anilines is 1. The summed E-state index contributed by atoms with van der Waals surface area (Å²) < 4.78 is 5.90. The van der Waals surface area contributed by atoms with Gasteiger partial charge in [-0.2, -0.15) is 0 Å². The SMILES string of the molecule is Cc1ccc(NC(=O)N2CCC(=Cc3cccc(OCCC4CC4)c3)CC2)cn1. The van der Waals surface area contributed by atoms with Gasteiger partial charge < -0.3 is 15.0 Å². The van der Waals surface area contributed by atoms with Crippen molar-refractivity contribution in [3.63, 3.8) is 0 Å². The van der Waals surface area contributed by atoms with Gasteiger partial charge in [0.05, 0.1) is 18.5 Å². The smallest absolute Gasteiger partial charge is 0.321 e. The zero-order valence-electron chi connectivity index (χ0n) is 17.1. The van der Waals surface area contributed by atoms with Crippen LogP contribution < -0.4 is 10.1 Å². The maximum absolute atomic E-state index is 12.5. The van der Waals surface area contributed by atoms with Gasteiger partial charge in [-0.1, -0.05) is 36.6 Å². The van der Waals surface area contributed by atoms with E-state index in [9.17, 15) is 4.79 Å². The minimum Gasteiger partial charge on any atom is -0.494 e. The topological polar surface area (TPSA) is 54.5 Å². The van der Waals surface area contributed by atoms with Crippen LogP contribution in [0, 0.1) is 12.8 Å². The number of carbonyl (C=O) groups excluding carboxylic acids is 1. The van der Waals surface area contributed by atoms with Crippen LogP contribution in [0.15, 0.2) is 48.2 Å². The second-order valence-corrected chi connectivity index (χ2v) is 8.06. The first-order valence-electron chi connectivity index (χ1n) is 10.6. The van der Waals surface area contributed by atoms with Crippen molar-refractivity contribution >= 4 is 17.8 Å². The zero-order valence-corrected chi connectivity index (χ0v) is 17.1. The number of ether oxygens (including phenoxy) is 1. The zero-order chi connectivity index (χ0) is 20.1. The normalized spacial score (nSPS) is 16.4. The monoisotopic (exact) mass is 391 g/mol. The predicted molar refractivity (Wildman–Crippen MR) is 116 cm³/mol. The van der Waals surface area contributed by atoms with Crippen molar-refractivity contribution in [1.29, 1.82) is 0 Å². The van der Waals surface area contributed by atoms with Crippen LogP contribution in [-0.2, 0) is 0 Å². The molecule has 1 aromatic heterocycles. The Morgan fingerprint density at radius 2 is 2.07 bits per heavy atom. The number of aromatic nitrogens is 1. The molecule has 0 bridgehead atoms. The van der Waals surface area contributed by atoms with Crippen LogP contribution in [0.3, 0.4) is 0 Å². The van der Waals surface area contributed by atoms with Gasteiger partial charge >= 0.3 is 6.03 Å². The largest absolute Gasteiger partial charge is 0.494 e. The molecule has 2 heterocycles. The summed E-state index contributed by atoms with van der Waals surface area (Å²) in [5, 5.41) is 2.93. The third kappa shape index (κ3) is 5.83. The van der Waals surface area contributed by atoms with Crippen LogP contribution in [0.1, 0.15) is 43.4 Å². The van der Waals surface area contributed by atoms with Gasteiger partial charge in [0.15, 0.2) is 0 Å². The van der Waals surface area contributed by atoms with Crippen LogP contribution >= 0.6 is 0 Å². The molecule has 1 N–H and O–H groups in total. The standard InChI is InChI=1S/C24H29N3O2/c1-18-5-8-22(17-25-18)26-24(28)27-12-9-20(10-13-27)15-21-3-2-4-23(16-21)29-14-11-19-6-7-19/h2-5,8,15-17,19H,6-7,9-14H2,1H3,(H,26,28). The second kappa shape index (κ2) is 9.12. The Morgan fingerprint density at radius 3 is 2.79 bits per heavy atom. The number of carbonyl (C=O) groups is 1. The summed E-state index contributed by atoms with van der Waals surface area (Å²) >= 11 is 0. The molecule has 2 fully saturated rings. The number of nitrogens with zero attached hydrogens (tertiary/aromatic N) is 2. The molecule has 1 aliphatic heterocycles. The van der Waals surface area contributed by atoms with Crippen LogP contribution in [0.5, 0.6) is 5.75 Å². The minimum absolute atomic E-state index is 0.0548. The Hall–Kier alpha value is -2.82. The molecule has 4 rings (SSSR count). The molecule has 0 spiro atoms. The number of rotatable bonds is 6. The van der Waals surface area contributed by atoms with Gasteiger partial charge in [-0.25, -0.2) is 4.79 Å². The highest BCUT2D eigenvalue weighted by atomic mass is 16.5.